The van der Waals surface area contributed by atoms with Crippen molar-refractivity contribution >= 4 is 5.91 Å². The Morgan fingerprint density at radius 1 is 1.46 bits per heavy atom. The molecule has 3 rings (SSSR count). The van der Waals surface area contributed by atoms with Crippen LogP contribution >= 0.6 is 0 Å². The van der Waals surface area contributed by atoms with Crippen LogP contribution in [0.5, 0.6) is 0 Å². The molecule has 0 bridgehead atoms. The highest BCUT2D eigenvalue weighted by Gasteiger charge is 2.29. The van der Waals surface area contributed by atoms with Gasteiger partial charge in [0, 0.05) is 31.1 Å². The summed E-state index contributed by atoms with van der Waals surface area (Å²) in [6, 6.07) is 5.20. The molecule has 7 nitrogen and oxygen atoms in total. The summed E-state index contributed by atoms with van der Waals surface area (Å²) >= 11 is 0. The molecule has 0 aliphatic carbocycles. The zero-order valence-electron chi connectivity index (χ0n) is 13.8. The summed E-state index contributed by atoms with van der Waals surface area (Å²) in [7, 11) is 0. The molecule has 0 spiro atoms. The van der Waals surface area contributed by atoms with Crippen LogP contribution < -0.4 is 0 Å². The fourth-order valence-electron chi connectivity index (χ4n) is 2.77. The third-order valence-electron chi connectivity index (χ3n) is 4.14. The van der Waals surface area contributed by atoms with Gasteiger partial charge < -0.3 is 9.42 Å². The van der Waals surface area contributed by atoms with Crippen molar-refractivity contribution in [3.8, 4) is 6.07 Å². The van der Waals surface area contributed by atoms with E-state index >= 15 is 0 Å². The normalized spacial score (nSPS) is 17.8. The van der Waals surface area contributed by atoms with Crippen molar-refractivity contribution in [3.63, 3.8) is 0 Å². The monoisotopic (exact) mass is 325 g/mol. The summed E-state index contributed by atoms with van der Waals surface area (Å²) in [6.45, 7) is 5.25. The highest BCUT2D eigenvalue weighted by molar-refractivity contribution is 5.92. The first kappa shape index (κ1) is 16.1. The second-order valence-corrected chi connectivity index (χ2v) is 6.28. The number of carbonyl (C=O) groups excluding carboxylic acids is 1. The quantitative estimate of drug-likeness (QED) is 0.860. The van der Waals surface area contributed by atoms with E-state index in [1.807, 2.05) is 19.9 Å². The fourth-order valence-corrected chi connectivity index (χ4v) is 2.77. The zero-order valence-corrected chi connectivity index (χ0v) is 13.8. The molecule has 124 valence electrons. The number of piperidine rings is 1. The Hall–Kier alpha value is -2.75. The highest BCUT2D eigenvalue weighted by atomic mass is 16.5. The van der Waals surface area contributed by atoms with Crippen LogP contribution in [0, 0.1) is 11.3 Å². The molecule has 0 N–H and O–H groups in total. The molecule has 1 saturated heterocycles. The second-order valence-electron chi connectivity index (χ2n) is 6.28. The van der Waals surface area contributed by atoms with Crippen LogP contribution in [-0.4, -0.2) is 39.0 Å². The minimum absolute atomic E-state index is 0.0809. The van der Waals surface area contributed by atoms with Crippen molar-refractivity contribution < 1.29 is 9.32 Å². The number of likely N-dealkylation sites (tertiary alicyclic amines) is 1. The third-order valence-corrected chi connectivity index (χ3v) is 4.14. The van der Waals surface area contributed by atoms with E-state index in [0.717, 1.165) is 12.8 Å². The summed E-state index contributed by atoms with van der Waals surface area (Å²) in [5.41, 5.74) is 0.793. The predicted octanol–water partition coefficient (Wildman–Crippen LogP) is 2.48. The molecular weight excluding hydrogens is 306 g/mol. The van der Waals surface area contributed by atoms with Gasteiger partial charge in [0.1, 0.15) is 11.8 Å². The van der Waals surface area contributed by atoms with Crippen LogP contribution in [0.4, 0.5) is 0 Å². The number of carbonyl (C=O) groups is 1. The molecule has 0 saturated carbocycles. The van der Waals surface area contributed by atoms with E-state index in [1.54, 1.807) is 17.0 Å². The van der Waals surface area contributed by atoms with Gasteiger partial charge in [-0.05, 0) is 25.0 Å². The Morgan fingerprint density at radius 3 is 2.92 bits per heavy atom. The third kappa shape index (κ3) is 3.27. The summed E-state index contributed by atoms with van der Waals surface area (Å²) < 4.78 is 5.28. The largest absolute Gasteiger partial charge is 0.339 e. The molecule has 3 heterocycles. The van der Waals surface area contributed by atoms with Gasteiger partial charge >= 0.3 is 0 Å². The number of hydrogen-bond acceptors (Lipinski definition) is 6. The van der Waals surface area contributed by atoms with Crippen LogP contribution in [0.25, 0.3) is 0 Å². The molecule has 0 aromatic carbocycles. The number of rotatable bonds is 3. The van der Waals surface area contributed by atoms with E-state index in [1.165, 1.54) is 6.20 Å². The number of amides is 1. The molecular formula is C17H19N5O2. The molecule has 24 heavy (non-hydrogen) atoms. The molecule has 0 unspecified atom stereocenters. The van der Waals surface area contributed by atoms with Crippen LogP contribution in [0.1, 0.15) is 66.3 Å². The van der Waals surface area contributed by atoms with E-state index in [9.17, 15) is 4.79 Å². The van der Waals surface area contributed by atoms with E-state index < -0.39 is 0 Å². The smallest absolute Gasteiger partial charge is 0.272 e. The lowest BCUT2D eigenvalue weighted by Gasteiger charge is -2.31. The van der Waals surface area contributed by atoms with Crippen molar-refractivity contribution in [2.75, 3.05) is 13.1 Å². The second kappa shape index (κ2) is 6.79. The van der Waals surface area contributed by atoms with Crippen molar-refractivity contribution in [2.24, 2.45) is 0 Å². The molecule has 1 fully saturated rings. The molecule has 2 aromatic heterocycles. The molecule has 2 aromatic rings. The lowest BCUT2D eigenvalue weighted by atomic mass is 9.97. The van der Waals surface area contributed by atoms with E-state index in [0.29, 0.717) is 36.1 Å². The Kier molecular flexibility index (Phi) is 4.56. The lowest BCUT2D eigenvalue weighted by molar-refractivity contribution is 0.0697. The first-order chi connectivity index (χ1) is 11.6. The Balaban J connectivity index is 1.72. The van der Waals surface area contributed by atoms with E-state index in [4.69, 9.17) is 9.78 Å². The van der Waals surface area contributed by atoms with Crippen molar-refractivity contribution in [1.29, 1.82) is 5.26 Å². The van der Waals surface area contributed by atoms with Gasteiger partial charge in [0.25, 0.3) is 5.91 Å². The minimum atomic E-state index is -0.128. The first-order valence-corrected chi connectivity index (χ1v) is 8.07. The highest BCUT2D eigenvalue weighted by Crippen LogP contribution is 2.26. The maximum absolute atomic E-state index is 12.6. The molecule has 1 aliphatic rings. The van der Waals surface area contributed by atoms with Crippen LogP contribution in [0.15, 0.2) is 22.9 Å². The molecule has 1 atom stereocenters. The molecule has 1 amide bonds. The molecule has 0 radical (unpaired) electrons. The van der Waals surface area contributed by atoms with Crippen LogP contribution in [-0.2, 0) is 0 Å². The maximum Gasteiger partial charge on any atom is 0.272 e. The topological polar surface area (TPSA) is 95.9 Å². The summed E-state index contributed by atoms with van der Waals surface area (Å²) in [6.07, 6.45) is 3.24. The zero-order chi connectivity index (χ0) is 17.1. The Morgan fingerprint density at radius 2 is 2.29 bits per heavy atom. The lowest BCUT2D eigenvalue weighted by Crippen LogP contribution is -2.39. The van der Waals surface area contributed by atoms with E-state index in [-0.39, 0.29) is 17.7 Å². The fraction of sp³-hybridized carbons (Fsp3) is 0.471. The van der Waals surface area contributed by atoms with Gasteiger partial charge in [-0.1, -0.05) is 19.0 Å². The average Bonchev–Trinajstić information content (AvgIpc) is 3.12. The van der Waals surface area contributed by atoms with Gasteiger partial charge in [0.2, 0.25) is 5.89 Å². The van der Waals surface area contributed by atoms with Crippen molar-refractivity contribution in [2.45, 2.75) is 38.5 Å². The van der Waals surface area contributed by atoms with Crippen molar-refractivity contribution in [3.05, 3.63) is 41.3 Å². The number of nitrogens with zero attached hydrogens (tertiary/aromatic N) is 5. The number of pyridine rings is 1. The minimum Gasteiger partial charge on any atom is -0.339 e. The Bertz CT molecular complexity index is 760. The number of nitriles is 1. The summed E-state index contributed by atoms with van der Waals surface area (Å²) in [5, 5.41) is 12.9. The van der Waals surface area contributed by atoms with Gasteiger partial charge in [-0.2, -0.15) is 10.2 Å². The Labute approximate surface area is 140 Å². The average molecular weight is 325 g/mol. The predicted molar refractivity (Wildman–Crippen MR) is 85.2 cm³/mol. The standard InChI is InChI=1S/C17H19N5O2/c1-11(2)16-20-15(21-24-16)13-4-3-7-22(10-13)17(23)14-6-5-12(8-18)9-19-14/h5-6,9,11,13H,3-4,7,10H2,1-2H3/t13-/m1/s1. The summed E-state index contributed by atoms with van der Waals surface area (Å²) in [4.78, 5) is 22.9. The summed E-state index contributed by atoms with van der Waals surface area (Å²) in [5.74, 6) is 1.44. The van der Waals surface area contributed by atoms with Gasteiger partial charge in [-0.3, -0.25) is 4.79 Å². The number of hydrogen-bond donors (Lipinski definition) is 0. The number of aromatic nitrogens is 3. The van der Waals surface area contributed by atoms with Crippen LogP contribution in [0.2, 0.25) is 0 Å². The first-order valence-electron chi connectivity index (χ1n) is 8.07. The maximum atomic E-state index is 12.6. The van der Waals surface area contributed by atoms with Crippen LogP contribution in [0.3, 0.4) is 0 Å². The van der Waals surface area contributed by atoms with E-state index in [2.05, 4.69) is 15.1 Å². The van der Waals surface area contributed by atoms with Gasteiger partial charge in [0.05, 0.1) is 5.56 Å². The molecule has 7 heteroatoms. The van der Waals surface area contributed by atoms with Gasteiger partial charge in [-0.25, -0.2) is 4.98 Å². The molecule has 1 aliphatic heterocycles. The van der Waals surface area contributed by atoms with Crippen molar-refractivity contribution in [1.82, 2.24) is 20.0 Å². The SMILES string of the molecule is CC(C)c1nc([C@@H]2CCCN(C(=O)c3ccc(C#N)cn3)C2)no1. The van der Waals surface area contributed by atoms with Gasteiger partial charge in [0.15, 0.2) is 5.82 Å². The van der Waals surface area contributed by atoms with Gasteiger partial charge in [-0.15, -0.1) is 0 Å².